The van der Waals surface area contributed by atoms with Crippen molar-refractivity contribution in [3.63, 3.8) is 0 Å². The normalized spacial score (nSPS) is 9.50. The van der Waals surface area contributed by atoms with E-state index in [0.717, 1.165) is 5.56 Å². The molecule has 0 aliphatic heterocycles. The van der Waals surface area contributed by atoms with Crippen LogP contribution in [0, 0.1) is 6.92 Å². The van der Waals surface area contributed by atoms with Crippen LogP contribution >= 0.6 is 0 Å². The predicted molar refractivity (Wildman–Crippen MR) is 44.8 cm³/mol. The Morgan fingerprint density at radius 3 is 2.67 bits per heavy atom. The highest BCUT2D eigenvalue weighted by molar-refractivity contribution is 5.83. The lowest BCUT2D eigenvalue weighted by molar-refractivity contribution is 0.111. The van der Waals surface area contributed by atoms with Crippen LogP contribution in [0.2, 0.25) is 0 Å². The van der Waals surface area contributed by atoms with Crippen molar-refractivity contribution in [2.75, 3.05) is 7.11 Å². The summed E-state index contributed by atoms with van der Waals surface area (Å²) in [5.41, 5.74) is 1.05. The molecule has 0 fully saturated rings. The van der Waals surface area contributed by atoms with E-state index < -0.39 is 0 Å². The van der Waals surface area contributed by atoms with E-state index in [2.05, 4.69) is 0 Å². The number of aromatic hydroxyl groups is 1. The van der Waals surface area contributed by atoms with E-state index in [0.29, 0.717) is 12.0 Å². The van der Waals surface area contributed by atoms with E-state index in [1.165, 1.54) is 13.2 Å². The lowest BCUT2D eigenvalue weighted by atomic mass is 10.1. The zero-order valence-corrected chi connectivity index (χ0v) is 7.00. The first kappa shape index (κ1) is 8.59. The van der Waals surface area contributed by atoms with Crippen molar-refractivity contribution in [1.29, 1.82) is 0 Å². The van der Waals surface area contributed by atoms with Gasteiger partial charge in [-0.25, -0.2) is 0 Å². The van der Waals surface area contributed by atoms with Crippen LogP contribution in [0.1, 0.15) is 15.9 Å². The number of methoxy groups -OCH3 is 1. The maximum atomic E-state index is 10.5. The molecule has 1 N–H and O–H groups in total. The van der Waals surface area contributed by atoms with E-state index in [9.17, 15) is 9.90 Å². The summed E-state index contributed by atoms with van der Waals surface area (Å²) in [6, 6.07) is 3.22. The molecule has 1 rings (SSSR count). The van der Waals surface area contributed by atoms with Gasteiger partial charge in [-0.3, -0.25) is 4.79 Å². The summed E-state index contributed by atoms with van der Waals surface area (Å²) in [7, 11) is 1.46. The number of benzene rings is 1. The number of ether oxygens (including phenoxy) is 1. The molecule has 0 aromatic heterocycles. The molecule has 12 heavy (non-hydrogen) atoms. The minimum Gasteiger partial charge on any atom is -0.507 e. The molecule has 64 valence electrons. The minimum absolute atomic E-state index is 0.0400. The van der Waals surface area contributed by atoms with Crippen LogP contribution in [-0.2, 0) is 0 Å². The molecule has 0 aliphatic rings. The van der Waals surface area contributed by atoms with E-state index in [4.69, 9.17) is 4.74 Å². The van der Waals surface area contributed by atoms with Gasteiger partial charge in [0.15, 0.2) is 6.29 Å². The Labute approximate surface area is 70.6 Å². The topological polar surface area (TPSA) is 46.5 Å². The van der Waals surface area contributed by atoms with Gasteiger partial charge in [-0.2, -0.15) is 0 Å². The Hall–Kier alpha value is -1.51. The SMILES string of the molecule is COc1cc(C)cc(O)c1C=O. The number of phenols is 1. The zero-order chi connectivity index (χ0) is 9.14. The van der Waals surface area contributed by atoms with Gasteiger partial charge in [0, 0.05) is 0 Å². The van der Waals surface area contributed by atoms with Crippen molar-refractivity contribution < 1.29 is 14.6 Å². The van der Waals surface area contributed by atoms with Gasteiger partial charge in [-0.05, 0) is 24.6 Å². The molecule has 0 radical (unpaired) electrons. The summed E-state index contributed by atoms with van der Waals surface area (Å²) in [6.07, 6.45) is 0.577. The second kappa shape index (κ2) is 3.26. The van der Waals surface area contributed by atoms with Gasteiger partial charge < -0.3 is 9.84 Å². The first-order valence-electron chi connectivity index (χ1n) is 3.52. The van der Waals surface area contributed by atoms with Crippen molar-refractivity contribution in [3.05, 3.63) is 23.3 Å². The predicted octanol–water partition coefficient (Wildman–Crippen LogP) is 1.52. The Morgan fingerprint density at radius 2 is 2.17 bits per heavy atom. The van der Waals surface area contributed by atoms with Crippen LogP contribution in [0.5, 0.6) is 11.5 Å². The lowest BCUT2D eigenvalue weighted by Crippen LogP contribution is -1.91. The third-order valence-electron chi connectivity index (χ3n) is 1.60. The molecule has 0 atom stereocenters. The molecular formula is C9H10O3. The molecule has 0 bridgehead atoms. The number of carbonyl (C=O) groups is 1. The van der Waals surface area contributed by atoms with Crippen molar-refractivity contribution in [1.82, 2.24) is 0 Å². The molecule has 3 nitrogen and oxygen atoms in total. The van der Waals surface area contributed by atoms with E-state index >= 15 is 0 Å². The number of hydrogen-bond acceptors (Lipinski definition) is 3. The molecule has 3 heteroatoms. The first-order chi connectivity index (χ1) is 5.69. The molecule has 0 heterocycles. The molecule has 0 spiro atoms. The van der Waals surface area contributed by atoms with Crippen molar-refractivity contribution in [2.45, 2.75) is 6.92 Å². The number of hydrogen-bond donors (Lipinski definition) is 1. The average Bonchev–Trinajstić information content (AvgIpc) is 2.03. The summed E-state index contributed by atoms with van der Waals surface area (Å²) < 4.78 is 4.91. The standard InChI is InChI=1S/C9H10O3/c1-6-3-8(11)7(5-10)9(4-6)12-2/h3-5,11H,1-2H3. The van der Waals surface area contributed by atoms with Gasteiger partial charge in [-0.1, -0.05) is 0 Å². The average molecular weight is 166 g/mol. The third-order valence-corrected chi connectivity index (χ3v) is 1.60. The number of aryl methyl sites for hydroxylation is 1. The second-order valence-corrected chi connectivity index (χ2v) is 2.52. The summed E-state index contributed by atoms with van der Waals surface area (Å²) in [5.74, 6) is 0.365. The molecule has 1 aromatic rings. The molecule has 0 saturated carbocycles. The number of rotatable bonds is 2. The highest BCUT2D eigenvalue weighted by atomic mass is 16.5. The third kappa shape index (κ3) is 1.39. The maximum Gasteiger partial charge on any atom is 0.157 e. The van der Waals surface area contributed by atoms with Crippen LogP contribution in [0.25, 0.3) is 0 Å². The van der Waals surface area contributed by atoms with Crippen LogP contribution in [0.3, 0.4) is 0 Å². The molecule has 0 amide bonds. The van der Waals surface area contributed by atoms with Crippen LogP contribution in [0.15, 0.2) is 12.1 Å². The largest absolute Gasteiger partial charge is 0.507 e. The molecule has 1 aromatic carbocycles. The number of phenolic OH excluding ortho intramolecular Hbond substituents is 1. The summed E-state index contributed by atoms with van der Waals surface area (Å²) in [5, 5.41) is 9.29. The van der Waals surface area contributed by atoms with Gasteiger partial charge in [0.2, 0.25) is 0 Å². The van der Waals surface area contributed by atoms with Crippen molar-refractivity contribution in [2.24, 2.45) is 0 Å². The van der Waals surface area contributed by atoms with Gasteiger partial charge >= 0.3 is 0 Å². The van der Waals surface area contributed by atoms with Gasteiger partial charge in [0.05, 0.1) is 12.7 Å². The fourth-order valence-corrected chi connectivity index (χ4v) is 1.03. The quantitative estimate of drug-likeness (QED) is 0.677. The van der Waals surface area contributed by atoms with Crippen LogP contribution in [-0.4, -0.2) is 18.5 Å². The first-order valence-corrected chi connectivity index (χ1v) is 3.52. The smallest absolute Gasteiger partial charge is 0.157 e. The van der Waals surface area contributed by atoms with Gasteiger partial charge in [0.25, 0.3) is 0 Å². The Bertz CT molecular complexity index is 305. The fraction of sp³-hybridized carbons (Fsp3) is 0.222. The second-order valence-electron chi connectivity index (χ2n) is 2.52. The minimum atomic E-state index is -0.0400. The van der Waals surface area contributed by atoms with Crippen molar-refractivity contribution >= 4 is 6.29 Å². The molecule has 0 unspecified atom stereocenters. The highest BCUT2D eigenvalue weighted by Gasteiger charge is 2.07. The summed E-state index contributed by atoms with van der Waals surface area (Å²) in [6.45, 7) is 1.82. The maximum absolute atomic E-state index is 10.5. The summed E-state index contributed by atoms with van der Waals surface area (Å²) in [4.78, 5) is 10.5. The van der Waals surface area contributed by atoms with Gasteiger partial charge in [0.1, 0.15) is 11.5 Å². The monoisotopic (exact) mass is 166 g/mol. The molecule has 0 aliphatic carbocycles. The molecular weight excluding hydrogens is 156 g/mol. The molecule has 0 saturated heterocycles. The van der Waals surface area contributed by atoms with Crippen molar-refractivity contribution in [3.8, 4) is 11.5 Å². The fourth-order valence-electron chi connectivity index (χ4n) is 1.03. The summed E-state index contributed by atoms with van der Waals surface area (Å²) >= 11 is 0. The van der Waals surface area contributed by atoms with Crippen LogP contribution < -0.4 is 4.74 Å². The van der Waals surface area contributed by atoms with E-state index in [-0.39, 0.29) is 11.3 Å². The highest BCUT2D eigenvalue weighted by Crippen LogP contribution is 2.27. The Morgan fingerprint density at radius 1 is 1.50 bits per heavy atom. The lowest BCUT2D eigenvalue weighted by Gasteiger charge is -2.05. The van der Waals surface area contributed by atoms with Gasteiger partial charge in [-0.15, -0.1) is 0 Å². The van der Waals surface area contributed by atoms with E-state index in [1.807, 2.05) is 6.92 Å². The number of carbonyl (C=O) groups excluding carboxylic acids is 1. The Kier molecular flexibility index (Phi) is 2.33. The zero-order valence-electron chi connectivity index (χ0n) is 7.00. The van der Waals surface area contributed by atoms with E-state index in [1.54, 1.807) is 6.07 Å². The Balaban J connectivity index is 3.33. The van der Waals surface area contributed by atoms with Crippen LogP contribution in [0.4, 0.5) is 0 Å². The number of aldehydes is 1.